The maximum Gasteiger partial charge on any atom is 0.0474 e. The maximum atomic E-state index is 5.17. The Morgan fingerprint density at radius 3 is 2.47 bits per heavy atom. The Bertz CT molecular complexity index is 250. The van der Waals surface area contributed by atoms with E-state index < -0.39 is 0 Å². The van der Waals surface area contributed by atoms with Gasteiger partial charge in [0.05, 0.1) is 0 Å². The van der Waals surface area contributed by atoms with Gasteiger partial charge in [-0.15, -0.1) is 0 Å². The number of ether oxygens (including phenoxy) is 1. The van der Waals surface area contributed by atoms with Crippen LogP contribution >= 0.6 is 0 Å². The lowest BCUT2D eigenvalue weighted by molar-refractivity contribution is 0.0692. The Labute approximate surface area is 120 Å². The number of methoxy groups -OCH3 is 1. The molecular weight excluding hydrogens is 236 g/mol. The molecule has 0 spiro atoms. The highest BCUT2D eigenvalue weighted by Crippen LogP contribution is 2.39. The zero-order chi connectivity index (χ0) is 14.5. The molecule has 1 N–H and O–H groups in total. The Morgan fingerprint density at radius 1 is 1.26 bits per heavy atom. The van der Waals surface area contributed by atoms with Crippen molar-refractivity contribution in [3.8, 4) is 0 Å². The molecule has 0 aliphatic heterocycles. The lowest BCUT2D eigenvalue weighted by Gasteiger charge is -2.45. The first-order valence-electron chi connectivity index (χ1n) is 7.76. The zero-order valence-corrected chi connectivity index (χ0v) is 13.8. The molecule has 3 nitrogen and oxygen atoms in total. The Morgan fingerprint density at radius 2 is 1.95 bits per heavy atom. The summed E-state index contributed by atoms with van der Waals surface area (Å²) in [4.78, 5) is 2.54. The monoisotopic (exact) mass is 270 g/mol. The summed E-state index contributed by atoms with van der Waals surface area (Å²) in [5, 5.41) is 3.52. The summed E-state index contributed by atoms with van der Waals surface area (Å²) in [6.45, 7) is 9.16. The molecular formula is C16H34N2O. The summed E-state index contributed by atoms with van der Waals surface area (Å²) in [7, 11) is 6.17. The van der Waals surface area contributed by atoms with Crippen LogP contribution in [0.5, 0.6) is 0 Å². The van der Waals surface area contributed by atoms with Crippen LogP contribution in [0.3, 0.4) is 0 Å². The third-order valence-corrected chi connectivity index (χ3v) is 4.84. The van der Waals surface area contributed by atoms with Gasteiger partial charge in [0.1, 0.15) is 0 Å². The first-order valence-corrected chi connectivity index (χ1v) is 7.76. The van der Waals surface area contributed by atoms with Crippen LogP contribution in [0.25, 0.3) is 0 Å². The van der Waals surface area contributed by atoms with E-state index >= 15 is 0 Å². The van der Waals surface area contributed by atoms with Crippen molar-refractivity contribution < 1.29 is 4.74 Å². The van der Waals surface area contributed by atoms with Crippen LogP contribution in [0.15, 0.2) is 0 Å². The molecule has 3 heteroatoms. The molecule has 3 atom stereocenters. The zero-order valence-electron chi connectivity index (χ0n) is 13.8. The van der Waals surface area contributed by atoms with Gasteiger partial charge < -0.3 is 15.0 Å². The van der Waals surface area contributed by atoms with Gasteiger partial charge in [-0.25, -0.2) is 0 Å². The van der Waals surface area contributed by atoms with E-state index in [1.807, 2.05) is 0 Å². The van der Waals surface area contributed by atoms with Gasteiger partial charge in [-0.05, 0) is 51.1 Å². The minimum absolute atomic E-state index is 0.435. The van der Waals surface area contributed by atoms with E-state index in [1.165, 1.54) is 19.3 Å². The van der Waals surface area contributed by atoms with Gasteiger partial charge in [0.15, 0.2) is 0 Å². The van der Waals surface area contributed by atoms with Gasteiger partial charge in [-0.1, -0.05) is 20.8 Å². The summed E-state index contributed by atoms with van der Waals surface area (Å²) in [5.41, 5.74) is 0.435. The minimum Gasteiger partial charge on any atom is -0.385 e. The molecule has 0 radical (unpaired) electrons. The van der Waals surface area contributed by atoms with Crippen LogP contribution in [-0.2, 0) is 4.74 Å². The lowest BCUT2D eigenvalue weighted by atomic mass is 9.69. The first kappa shape index (κ1) is 16.9. The lowest BCUT2D eigenvalue weighted by Crippen LogP contribution is -2.52. The van der Waals surface area contributed by atoms with Crippen molar-refractivity contribution in [2.24, 2.45) is 11.3 Å². The van der Waals surface area contributed by atoms with E-state index in [-0.39, 0.29) is 0 Å². The normalized spacial score (nSPS) is 28.9. The predicted octanol–water partition coefficient (Wildman–Crippen LogP) is 2.76. The fourth-order valence-electron chi connectivity index (χ4n) is 3.38. The molecule has 1 rings (SSSR count). The van der Waals surface area contributed by atoms with Crippen LogP contribution in [-0.4, -0.2) is 51.3 Å². The molecule has 1 fully saturated rings. The van der Waals surface area contributed by atoms with Gasteiger partial charge >= 0.3 is 0 Å². The molecule has 3 unspecified atom stereocenters. The molecule has 0 bridgehead atoms. The highest BCUT2D eigenvalue weighted by atomic mass is 16.5. The molecule has 0 aromatic rings. The van der Waals surface area contributed by atoms with E-state index in [1.54, 1.807) is 7.11 Å². The summed E-state index contributed by atoms with van der Waals surface area (Å²) in [5.74, 6) is 0.840. The Hall–Kier alpha value is -0.120. The molecule has 0 aromatic carbocycles. The molecule has 0 amide bonds. The van der Waals surface area contributed by atoms with E-state index in [9.17, 15) is 0 Å². The molecule has 114 valence electrons. The van der Waals surface area contributed by atoms with Gasteiger partial charge in [-0.3, -0.25) is 0 Å². The minimum atomic E-state index is 0.435. The summed E-state index contributed by atoms with van der Waals surface area (Å²) < 4.78 is 5.17. The van der Waals surface area contributed by atoms with E-state index in [0.717, 1.165) is 25.5 Å². The number of likely N-dealkylation sites (N-methyl/N-ethyl adjacent to an activating group) is 2. The van der Waals surface area contributed by atoms with Crippen LogP contribution in [0.1, 0.15) is 46.5 Å². The molecule has 0 aromatic heterocycles. The van der Waals surface area contributed by atoms with Crippen molar-refractivity contribution >= 4 is 0 Å². The molecule has 19 heavy (non-hydrogen) atoms. The highest BCUT2D eigenvalue weighted by molar-refractivity contribution is 4.92. The summed E-state index contributed by atoms with van der Waals surface area (Å²) in [6, 6.07) is 1.31. The number of nitrogens with one attached hydrogen (secondary N) is 1. The summed E-state index contributed by atoms with van der Waals surface area (Å²) in [6.07, 6.45) is 5.10. The first-order chi connectivity index (χ1) is 8.90. The molecule has 1 saturated carbocycles. The van der Waals surface area contributed by atoms with Crippen molar-refractivity contribution in [1.29, 1.82) is 0 Å². The quantitative estimate of drug-likeness (QED) is 0.751. The van der Waals surface area contributed by atoms with Crippen LogP contribution in [0.2, 0.25) is 0 Å². The molecule has 0 heterocycles. The van der Waals surface area contributed by atoms with E-state index in [2.05, 4.69) is 45.1 Å². The second-order valence-corrected chi connectivity index (χ2v) is 7.17. The number of hydrogen-bond donors (Lipinski definition) is 1. The number of rotatable bonds is 6. The van der Waals surface area contributed by atoms with Crippen LogP contribution in [0, 0.1) is 11.3 Å². The SMILES string of the molecule is CNC1CCC(C(C)(C)C)CC1N(C)CCCOC. The van der Waals surface area contributed by atoms with E-state index in [0.29, 0.717) is 17.5 Å². The second kappa shape index (κ2) is 7.61. The summed E-state index contributed by atoms with van der Waals surface area (Å²) >= 11 is 0. The number of nitrogens with zero attached hydrogens (tertiary/aromatic N) is 1. The van der Waals surface area contributed by atoms with Crippen molar-refractivity contribution in [3.63, 3.8) is 0 Å². The van der Waals surface area contributed by atoms with Crippen molar-refractivity contribution in [3.05, 3.63) is 0 Å². The van der Waals surface area contributed by atoms with Gasteiger partial charge in [0.2, 0.25) is 0 Å². The third-order valence-electron chi connectivity index (χ3n) is 4.84. The molecule has 1 aliphatic rings. The highest BCUT2D eigenvalue weighted by Gasteiger charge is 2.36. The maximum absolute atomic E-state index is 5.17. The fraction of sp³-hybridized carbons (Fsp3) is 1.00. The average molecular weight is 270 g/mol. The Balaban J connectivity index is 2.58. The van der Waals surface area contributed by atoms with Crippen molar-refractivity contribution in [2.45, 2.75) is 58.5 Å². The fourth-order valence-corrected chi connectivity index (χ4v) is 3.38. The molecule has 1 aliphatic carbocycles. The standard InChI is InChI=1S/C16H34N2O/c1-16(2,3)13-8-9-14(17-4)15(12-13)18(5)10-7-11-19-6/h13-15,17H,7-12H2,1-6H3. The van der Waals surface area contributed by atoms with Crippen LogP contribution < -0.4 is 5.32 Å². The third kappa shape index (κ3) is 5.05. The van der Waals surface area contributed by atoms with Crippen molar-refractivity contribution in [2.75, 3.05) is 34.4 Å². The average Bonchev–Trinajstić information content (AvgIpc) is 2.37. The molecule has 0 saturated heterocycles. The largest absolute Gasteiger partial charge is 0.385 e. The number of hydrogen-bond acceptors (Lipinski definition) is 3. The van der Waals surface area contributed by atoms with Gasteiger partial charge in [0, 0.05) is 32.3 Å². The topological polar surface area (TPSA) is 24.5 Å². The van der Waals surface area contributed by atoms with Crippen molar-refractivity contribution in [1.82, 2.24) is 10.2 Å². The van der Waals surface area contributed by atoms with E-state index in [4.69, 9.17) is 4.74 Å². The van der Waals surface area contributed by atoms with Gasteiger partial charge in [-0.2, -0.15) is 0 Å². The smallest absolute Gasteiger partial charge is 0.0474 e. The van der Waals surface area contributed by atoms with Crippen LogP contribution in [0.4, 0.5) is 0 Å². The Kier molecular flexibility index (Phi) is 6.78. The second-order valence-electron chi connectivity index (χ2n) is 7.17. The predicted molar refractivity (Wildman–Crippen MR) is 82.6 cm³/mol. The van der Waals surface area contributed by atoms with Gasteiger partial charge in [0.25, 0.3) is 0 Å².